The Morgan fingerprint density at radius 1 is 1.50 bits per heavy atom. The van der Waals surface area contributed by atoms with E-state index in [0.717, 1.165) is 0 Å². The summed E-state index contributed by atoms with van der Waals surface area (Å²) in [6.07, 6.45) is 1.05. The lowest BCUT2D eigenvalue weighted by molar-refractivity contribution is -0.131. The van der Waals surface area contributed by atoms with Gasteiger partial charge in [0.1, 0.15) is 0 Å². The van der Waals surface area contributed by atoms with Gasteiger partial charge in [-0.25, -0.2) is 8.42 Å². The third kappa shape index (κ3) is 1.54. The molecule has 6 heteroatoms. The molecule has 2 bridgehead atoms. The Bertz CT molecular complexity index is 352. The Morgan fingerprint density at radius 2 is 2.21 bits per heavy atom. The van der Waals surface area contributed by atoms with Gasteiger partial charge >= 0.3 is 0 Å². The maximum atomic E-state index is 11.5. The SMILES string of the molecule is O=C(CCS)N1CC2CC1CS2(=O)=O. The van der Waals surface area contributed by atoms with Crippen molar-refractivity contribution in [3.05, 3.63) is 0 Å². The predicted octanol–water partition coefficient (Wildman–Crippen LogP) is -0.296. The van der Waals surface area contributed by atoms with E-state index in [1.165, 1.54) is 0 Å². The zero-order valence-corrected chi connectivity index (χ0v) is 9.43. The standard InChI is InChI=1S/C8H13NO3S2/c10-8(1-2-13)9-4-7-3-6(9)5-14(7,11)12/h6-7,13H,1-5H2. The summed E-state index contributed by atoms with van der Waals surface area (Å²) in [7, 11) is -2.88. The molecule has 2 atom stereocenters. The van der Waals surface area contributed by atoms with Crippen LogP contribution in [0, 0.1) is 0 Å². The van der Waals surface area contributed by atoms with Crippen LogP contribution in [0.5, 0.6) is 0 Å². The monoisotopic (exact) mass is 235 g/mol. The molecule has 2 saturated heterocycles. The molecule has 0 saturated carbocycles. The van der Waals surface area contributed by atoms with Crippen LogP contribution in [0.4, 0.5) is 0 Å². The van der Waals surface area contributed by atoms with Crippen LogP contribution < -0.4 is 0 Å². The van der Waals surface area contributed by atoms with Crippen molar-refractivity contribution in [3.8, 4) is 0 Å². The van der Waals surface area contributed by atoms with Crippen molar-refractivity contribution in [2.24, 2.45) is 0 Å². The minimum absolute atomic E-state index is 0.0439. The maximum absolute atomic E-state index is 11.5. The first-order valence-corrected chi connectivity index (χ1v) is 7.01. The van der Waals surface area contributed by atoms with Crippen LogP contribution in [0.15, 0.2) is 0 Å². The number of carbonyl (C=O) groups is 1. The van der Waals surface area contributed by atoms with Gasteiger partial charge in [-0.15, -0.1) is 0 Å². The Hall–Kier alpha value is -0.230. The van der Waals surface area contributed by atoms with Crippen LogP contribution in [0.25, 0.3) is 0 Å². The third-order valence-corrected chi connectivity index (χ3v) is 5.38. The van der Waals surface area contributed by atoms with Gasteiger partial charge in [0.05, 0.1) is 11.0 Å². The average Bonchev–Trinajstić information content (AvgIpc) is 2.59. The normalized spacial score (nSPS) is 33.6. The van der Waals surface area contributed by atoms with Crippen molar-refractivity contribution in [2.45, 2.75) is 24.1 Å². The zero-order valence-electron chi connectivity index (χ0n) is 7.72. The molecule has 2 rings (SSSR count). The molecule has 0 radical (unpaired) electrons. The van der Waals surface area contributed by atoms with E-state index >= 15 is 0 Å². The first-order valence-electron chi connectivity index (χ1n) is 4.66. The molecule has 1 amide bonds. The van der Waals surface area contributed by atoms with Crippen LogP contribution in [0.3, 0.4) is 0 Å². The van der Waals surface area contributed by atoms with Gasteiger partial charge in [0.2, 0.25) is 5.91 Å². The number of likely N-dealkylation sites (tertiary alicyclic amines) is 1. The van der Waals surface area contributed by atoms with Crippen molar-refractivity contribution in [2.75, 3.05) is 18.1 Å². The van der Waals surface area contributed by atoms with Crippen molar-refractivity contribution in [3.63, 3.8) is 0 Å². The molecule has 0 spiro atoms. The topological polar surface area (TPSA) is 54.5 Å². The van der Waals surface area contributed by atoms with Gasteiger partial charge in [-0.05, 0) is 12.2 Å². The summed E-state index contributed by atoms with van der Waals surface area (Å²) in [5.41, 5.74) is 0. The molecule has 2 unspecified atom stereocenters. The van der Waals surface area contributed by atoms with Gasteiger partial charge in [0.15, 0.2) is 9.84 Å². The lowest BCUT2D eigenvalue weighted by Gasteiger charge is -2.26. The summed E-state index contributed by atoms with van der Waals surface area (Å²) in [5, 5.41) is -0.295. The average molecular weight is 235 g/mol. The molecule has 2 aliphatic heterocycles. The summed E-state index contributed by atoms with van der Waals surface area (Å²) in [6, 6.07) is -0.0580. The van der Waals surface area contributed by atoms with Crippen LogP contribution in [-0.2, 0) is 14.6 Å². The van der Waals surface area contributed by atoms with Gasteiger partial charge in [0, 0.05) is 19.0 Å². The summed E-state index contributed by atoms with van der Waals surface area (Å²) in [4.78, 5) is 13.2. The summed E-state index contributed by atoms with van der Waals surface area (Å²) < 4.78 is 22.8. The molecule has 14 heavy (non-hydrogen) atoms. The van der Waals surface area contributed by atoms with E-state index in [1.54, 1.807) is 4.90 Å². The van der Waals surface area contributed by atoms with Gasteiger partial charge in [-0.3, -0.25) is 4.79 Å². The second kappa shape index (κ2) is 3.41. The van der Waals surface area contributed by atoms with Crippen molar-refractivity contribution >= 4 is 28.4 Å². The highest BCUT2D eigenvalue weighted by Crippen LogP contribution is 2.33. The van der Waals surface area contributed by atoms with Gasteiger partial charge < -0.3 is 4.90 Å². The Labute approximate surface area is 89.0 Å². The van der Waals surface area contributed by atoms with Crippen LogP contribution in [0.1, 0.15) is 12.8 Å². The smallest absolute Gasteiger partial charge is 0.223 e. The van der Waals surface area contributed by atoms with Crippen molar-refractivity contribution in [1.29, 1.82) is 0 Å². The molecular weight excluding hydrogens is 222 g/mol. The fourth-order valence-corrected chi connectivity index (χ4v) is 4.46. The lowest BCUT2D eigenvalue weighted by atomic mass is 10.2. The fraction of sp³-hybridized carbons (Fsp3) is 0.875. The number of hydrogen-bond donors (Lipinski definition) is 1. The molecule has 4 nitrogen and oxygen atoms in total. The maximum Gasteiger partial charge on any atom is 0.223 e. The molecule has 2 fully saturated rings. The second-order valence-electron chi connectivity index (χ2n) is 3.86. The second-order valence-corrected chi connectivity index (χ2v) is 6.63. The minimum Gasteiger partial charge on any atom is -0.337 e. The number of thiol groups is 1. The highest BCUT2D eigenvalue weighted by Gasteiger charge is 2.49. The third-order valence-electron chi connectivity index (χ3n) is 2.95. The number of sulfone groups is 1. The Kier molecular flexibility index (Phi) is 2.51. The van der Waals surface area contributed by atoms with Gasteiger partial charge in [-0.1, -0.05) is 0 Å². The number of nitrogens with zero attached hydrogens (tertiary/aromatic N) is 1. The van der Waals surface area contributed by atoms with E-state index in [1.807, 2.05) is 0 Å². The summed E-state index contributed by atoms with van der Waals surface area (Å²) in [6.45, 7) is 0.402. The van der Waals surface area contributed by atoms with Gasteiger partial charge in [0.25, 0.3) is 0 Å². The van der Waals surface area contributed by atoms with E-state index in [4.69, 9.17) is 0 Å². The molecule has 2 aliphatic rings. The molecule has 0 N–H and O–H groups in total. The molecule has 0 aromatic carbocycles. The minimum atomic E-state index is -2.88. The highest BCUT2D eigenvalue weighted by molar-refractivity contribution is 7.92. The summed E-state index contributed by atoms with van der Waals surface area (Å²) in [5.74, 6) is 0.734. The van der Waals surface area contributed by atoms with E-state index in [-0.39, 0.29) is 23.0 Å². The highest BCUT2D eigenvalue weighted by atomic mass is 32.2. The predicted molar refractivity (Wildman–Crippen MR) is 56.2 cm³/mol. The van der Waals surface area contributed by atoms with E-state index in [0.29, 0.717) is 25.1 Å². The number of hydrogen-bond acceptors (Lipinski definition) is 4. The first-order chi connectivity index (χ1) is 6.54. The molecule has 2 heterocycles. The number of carbonyl (C=O) groups excluding carboxylic acids is 1. The van der Waals surface area contributed by atoms with Crippen LogP contribution in [0.2, 0.25) is 0 Å². The van der Waals surface area contributed by atoms with E-state index in [2.05, 4.69) is 12.6 Å². The van der Waals surface area contributed by atoms with Crippen molar-refractivity contribution in [1.82, 2.24) is 4.90 Å². The largest absolute Gasteiger partial charge is 0.337 e. The number of amides is 1. The molecule has 0 aromatic rings. The van der Waals surface area contributed by atoms with Crippen molar-refractivity contribution < 1.29 is 13.2 Å². The first kappa shape index (κ1) is 10.3. The van der Waals surface area contributed by atoms with Crippen LogP contribution >= 0.6 is 12.6 Å². The molecule has 0 aliphatic carbocycles. The van der Waals surface area contributed by atoms with Gasteiger partial charge in [-0.2, -0.15) is 12.6 Å². The Morgan fingerprint density at radius 3 is 2.64 bits per heavy atom. The molecular formula is C8H13NO3S2. The number of fused-ring (bicyclic) bond motifs is 2. The van der Waals surface area contributed by atoms with Crippen LogP contribution in [-0.4, -0.2) is 48.6 Å². The zero-order chi connectivity index (χ0) is 10.3. The molecule has 80 valence electrons. The molecule has 0 aromatic heterocycles. The summed E-state index contributed by atoms with van der Waals surface area (Å²) >= 11 is 3.99. The van der Waals surface area contributed by atoms with E-state index in [9.17, 15) is 13.2 Å². The Balaban J connectivity index is 2.07. The quantitative estimate of drug-likeness (QED) is 0.669. The van der Waals surface area contributed by atoms with E-state index < -0.39 is 9.84 Å². The number of rotatable bonds is 2. The fourth-order valence-electron chi connectivity index (χ4n) is 2.24. The lowest BCUT2D eigenvalue weighted by Crippen LogP contribution is -2.44.